The van der Waals surface area contributed by atoms with Gasteiger partial charge in [0.15, 0.2) is 6.20 Å². The maximum absolute atomic E-state index is 10.7. The van der Waals surface area contributed by atoms with Gasteiger partial charge >= 0.3 is 5.97 Å². The first kappa shape index (κ1) is 20.6. The van der Waals surface area contributed by atoms with E-state index < -0.39 is 5.97 Å². The Morgan fingerprint density at radius 3 is 2.74 bits per heavy atom. The number of carbonyl (C=O) groups is 1. The lowest BCUT2D eigenvalue weighted by atomic mass is 9.99. The van der Waals surface area contributed by atoms with Crippen LogP contribution in [0.3, 0.4) is 0 Å². The molecule has 0 saturated heterocycles. The van der Waals surface area contributed by atoms with Crippen LogP contribution < -0.4 is 9.47 Å². The summed E-state index contributed by atoms with van der Waals surface area (Å²) in [4.78, 5) is 13.0. The molecule has 1 N–H and O–H groups in total. The number of carboxylic acids is 1. The highest BCUT2D eigenvalue weighted by atomic mass is 16.4. The minimum Gasteiger partial charge on any atom is -0.481 e. The molecule has 156 valence electrons. The first-order chi connectivity index (χ1) is 15.1. The second-order valence-corrected chi connectivity index (χ2v) is 7.76. The molecule has 4 rings (SSSR count). The average molecular weight is 412 g/mol. The van der Waals surface area contributed by atoms with Crippen LogP contribution in [0.2, 0.25) is 0 Å². The highest BCUT2D eigenvalue weighted by Crippen LogP contribution is 2.33. The van der Waals surface area contributed by atoms with E-state index in [9.17, 15) is 4.79 Å². The number of aromatic nitrogens is 1. The molecule has 2 heterocycles. The number of unbranched alkanes of at least 4 members (excludes halogenated alkanes) is 1. The van der Waals surface area contributed by atoms with Crippen LogP contribution in [0.1, 0.15) is 30.4 Å². The van der Waals surface area contributed by atoms with Crippen molar-refractivity contribution in [2.24, 2.45) is 7.05 Å². The lowest BCUT2D eigenvalue weighted by Crippen LogP contribution is -2.28. The van der Waals surface area contributed by atoms with Gasteiger partial charge in [-0.15, -0.1) is 0 Å². The van der Waals surface area contributed by atoms with E-state index in [4.69, 9.17) is 5.11 Å². The molecule has 3 aromatic rings. The van der Waals surface area contributed by atoms with Crippen molar-refractivity contribution in [2.75, 3.05) is 11.4 Å². The van der Waals surface area contributed by atoms with Gasteiger partial charge in [-0.25, -0.2) is 4.57 Å². The predicted octanol–water partition coefficient (Wildman–Crippen LogP) is 5.35. The van der Waals surface area contributed by atoms with Crippen LogP contribution in [0.4, 0.5) is 5.69 Å². The van der Waals surface area contributed by atoms with E-state index in [1.807, 2.05) is 6.07 Å². The Bertz CT molecular complexity index is 1190. The van der Waals surface area contributed by atoms with Gasteiger partial charge in [0.2, 0.25) is 5.52 Å². The van der Waals surface area contributed by atoms with E-state index in [0.717, 1.165) is 18.7 Å². The van der Waals surface area contributed by atoms with E-state index in [0.29, 0.717) is 6.42 Å². The summed E-state index contributed by atoms with van der Waals surface area (Å²) in [6.45, 7) is 0.816. The summed E-state index contributed by atoms with van der Waals surface area (Å²) >= 11 is 0. The van der Waals surface area contributed by atoms with E-state index in [1.165, 1.54) is 27.6 Å². The van der Waals surface area contributed by atoms with Gasteiger partial charge in [-0.05, 0) is 42.2 Å². The summed E-state index contributed by atoms with van der Waals surface area (Å²) in [7, 11) is 2.06. The number of hydrogen-bond donors (Lipinski definition) is 1. The molecule has 0 atom stereocenters. The second-order valence-electron chi connectivity index (χ2n) is 7.76. The number of anilines is 1. The van der Waals surface area contributed by atoms with Crippen molar-refractivity contribution < 1.29 is 14.5 Å². The molecule has 1 aliphatic heterocycles. The molecule has 0 saturated carbocycles. The molecule has 0 radical (unpaired) electrons. The highest BCUT2D eigenvalue weighted by molar-refractivity contribution is 5.89. The summed E-state index contributed by atoms with van der Waals surface area (Å²) in [5.41, 5.74) is 5.92. The van der Waals surface area contributed by atoms with Crippen molar-refractivity contribution in [1.29, 1.82) is 0 Å². The Morgan fingerprint density at radius 2 is 1.87 bits per heavy atom. The summed E-state index contributed by atoms with van der Waals surface area (Å²) < 4.78 is 2.14. The zero-order chi connectivity index (χ0) is 21.6. The molecule has 0 amide bonds. The summed E-state index contributed by atoms with van der Waals surface area (Å²) in [5, 5.41) is 10.1. The summed E-state index contributed by atoms with van der Waals surface area (Å²) in [6.07, 6.45) is 14.5. The van der Waals surface area contributed by atoms with Crippen molar-refractivity contribution in [3.05, 3.63) is 96.3 Å². The third-order valence-corrected chi connectivity index (χ3v) is 5.62. The Kier molecular flexibility index (Phi) is 6.27. The first-order valence-electron chi connectivity index (χ1n) is 10.7. The van der Waals surface area contributed by atoms with Gasteiger partial charge in [0.1, 0.15) is 7.05 Å². The monoisotopic (exact) mass is 411 g/mol. The number of aryl methyl sites for hydroxylation is 1. The van der Waals surface area contributed by atoms with Gasteiger partial charge in [-0.1, -0.05) is 48.6 Å². The van der Waals surface area contributed by atoms with Crippen LogP contribution >= 0.6 is 0 Å². The second kappa shape index (κ2) is 9.43. The molecule has 4 heteroatoms. The number of carboxylic acid groups (broad SMARTS) is 1. The van der Waals surface area contributed by atoms with E-state index >= 15 is 0 Å². The normalized spacial score (nSPS) is 14.5. The standard InChI is InChI=1S/C27H26N2O2/c1-28-19-16-21(23-11-2-4-13-25(23)28)9-8-10-22-17-20-29(18-7-6-15-27(30)31)26-14-5-3-12-24(22)26/h2-5,8-14,16-17,19-20H,6-7,15,18H2,1H3/p+1. The molecular formula is C27H27N2O2+. The lowest BCUT2D eigenvalue weighted by molar-refractivity contribution is -0.644. The van der Waals surface area contributed by atoms with Crippen LogP contribution in [-0.2, 0) is 11.8 Å². The smallest absolute Gasteiger partial charge is 0.303 e. The fraction of sp³-hybridized carbons (Fsp3) is 0.185. The zero-order valence-corrected chi connectivity index (χ0v) is 17.7. The van der Waals surface area contributed by atoms with Crippen molar-refractivity contribution in [2.45, 2.75) is 19.3 Å². The van der Waals surface area contributed by atoms with Gasteiger partial charge in [-0.3, -0.25) is 4.79 Å². The third kappa shape index (κ3) is 4.75. The molecule has 0 spiro atoms. The Morgan fingerprint density at radius 1 is 1.06 bits per heavy atom. The molecule has 4 nitrogen and oxygen atoms in total. The molecule has 1 aromatic heterocycles. The fourth-order valence-electron chi connectivity index (χ4n) is 4.00. The number of nitrogens with zero attached hydrogens (tertiary/aromatic N) is 2. The molecule has 0 bridgehead atoms. The topological polar surface area (TPSA) is 44.4 Å². The number of allylic oxidation sites excluding steroid dienone is 4. The minimum atomic E-state index is -0.730. The van der Waals surface area contributed by atoms with Gasteiger partial charge in [0.05, 0.1) is 5.39 Å². The zero-order valence-electron chi connectivity index (χ0n) is 17.7. The maximum Gasteiger partial charge on any atom is 0.303 e. The van der Waals surface area contributed by atoms with E-state index in [2.05, 4.69) is 102 Å². The molecule has 1 aliphatic rings. The number of fused-ring (bicyclic) bond motifs is 2. The number of hydrogen-bond acceptors (Lipinski definition) is 2. The molecular weight excluding hydrogens is 384 g/mol. The van der Waals surface area contributed by atoms with Crippen molar-refractivity contribution in [3.8, 4) is 0 Å². The minimum absolute atomic E-state index is 0.224. The van der Waals surface area contributed by atoms with Crippen LogP contribution in [-0.4, -0.2) is 17.6 Å². The maximum atomic E-state index is 10.7. The molecule has 0 fully saturated rings. The van der Waals surface area contributed by atoms with Gasteiger partial charge < -0.3 is 10.0 Å². The van der Waals surface area contributed by atoms with E-state index in [1.54, 1.807) is 0 Å². The van der Waals surface area contributed by atoms with Gasteiger partial charge in [-0.2, -0.15) is 0 Å². The van der Waals surface area contributed by atoms with Gasteiger partial charge in [0.25, 0.3) is 0 Å². The quantitative estimate of drug-likeness (QED) is 0.421. The van der Waals surface area contributed by atoms with Crippen molar-refractivity contribution in [1.82, 2.24) is 0 Å². The molecule has 31 heavy (non-hydrogen) atoms. The van der Waals surface area contributed by atoms with Crippen molar-refractivity contribution in [3.63, 3.8) is 0 Å². The Labute approximate surface area is 183 Å². The van der Waals surface area contributed by atoms with Crippen LogP contribution in [0.25, 0.3) is 22.6 Å². The van der Waals surface area contributed by atoms with E-state index in [-0.39, 0.29) is 6.42 Å². The summed E-state index contributed by atoms with van der Waals surface area (Å²) in [6, 6.07) is 18.9. The van der Waals surface area contributed by atoms with Crippen LogP contribution in [0.15, 0.2) is 85.2 Å². The third-order valence-electron chi connectivity index (χ3n) is 5.62. The van der Waals surface area contributed by atoms with Gasteiger partial charge in [0, 0.05) is 42.5 Å². The fourth-order valence-corrected chi connectivity index (χ4v) is 4.00. The number of pyridine rings is 1. The number of para-hydroxylation sites is 2. The molecule has 2 aromatic carbocycles. The molecule has 0 aliphatic carbocycles. The summed E-state index contributed by atoms with van der Waals surface area (Å²) in [5.74, 6) is -0.730. The van der Waals surface area contributed by atoms with Crippen molar-refractivity contribution >= 4 is 34.2 Å². The number of benzene rings is 2. The Hall–Kier alpha value is -3.66. The highest BCUT2D eigenvalue weighted by Gasteiger charge is 2.15. The lowest BCUT2D eigenvalue weighted by Gasteiger charge is -2.27. The predicted molar refractivity (Wildman–Crippen MR) is 127 cm³/mol. The average Bonchev–Trinajstić information content (AvgIpc) is 2.79. The number of aliphatic carboxylic acids is 1. The van der Waals surface area contributed by atoms with Crippen LogP contribution in [0, 0.1) is 0 Å². The first-order valence-corrected chi connectivity index (χ1v) is 10.7. The number of rotatable bonds is 7. The Balaban J connectivity index is 1.55. The molecule has 0 unspecified atom stereocenters. The SMILES string of the molecule is C[n+]1ccc(C=CC=C2C=CN(CCCCC(=O)O)c3ccccc32)c2ccccc21. The van der Waals surface area contributed by atoms with Crippen LogP contribution in [0.5, 0.6) is 0 Å². The largest absolute Gasteiger partial charge is 0.481 e.